The third-order valence-corrected chi connectivity index (χ3v) is 4.06. The summed E-state index contributed by atoms with van der Waals surface area (Å²) in [5.41, 5.74) is -0.541. The predicted octanol–water partition coefficient (Wildman–Crippen LogP) is 2.74. The molecule has 1 aliphatic carbocycles. The number of carboxylic acid groups (broad SMARTS) is 1. The van der Waals surface area contributed by atoms with Crippen LogP contribution in [0, 0.1) is 17.8 Å². The van der Waals surface area contributed by atoms with Crippen molar-refractivity contribution >= 4 is 12.1 Å². The summed E-state index contributed by atoms with van der Waals surface area (Å²) < 4.78 is 5.33. The average molecular weight is 283 g/mol. The topological polar surface area (TPSA) is 66.8 Å². The van der Waals surface area contributed by atoms with E-state index in [9.17, 15) is 14.7 Å². The normalized spacial score (nSPS) is 27.2. The van der Waals surface area contributed by atoms with Crippen molar-refractivity contribution in [3.05, 3.63) is 0 Å². The minimum atomic E-state index is -0.788. The third-order valence-electron chi connectivity index (χ3n) is 4.06. The van der Waals surface area contributed by atoms with Crippen LogP contribution in [0.15, 0.2) is 0 Å². The second-order valence-corrected chi connectivity index (χ2v) is 7.10. The largest absolute Gasteiger partial charge is 0.481 e. The molecular formula is C15H25NO4. The summed E-state index contributed by atoms with van der Waals surface area (Å²) in [6.07, 6.45) is 3.84. The molecule has 2 atom stereocenters. The fourth-order valence-electron chi connectivity index (χ4n) is 2.84. The molecule has 5 heteroatoms. The molecule has 5 nitrogen and oxygen atoms in total. The van der Waals surface area contributed by atoms with E-state index in [4.69, 9.17) is 4.74 Å². The highest BCUT2D eigenvalue weighted by atomic mass is 16.6. The minimum absolute atomic E-state index is 0.207. The van der Waals surface area contributed by atoms with Gasteiger partial charge in [0.15, 0.2) is 0 Å². The monoisotopic (exact) mass is 283 g/mol. The van der Waals surface area contributed by atoms with Crippen LogP contribution in [0.2, 0.25) is 0 Å². The Kier molecular flexibility index (Phi) is 4.25. The lowest BCUT2D eigenvalue weighted by molar-refractivity contribution is -0.146. The number of rotatable bonds is 3. The molecule has 0 radical (unpaired) electrons. The molecule has 0 spiro atoms. The first kappa shape index (κ1) is 15.1. The molecule has 1 N–H and O–H groups in total. The van der Waals surface area contributed by atoms with Gasteiger partial charge in [0.2, 0.25) is 0 Å². The van der Waals surface area contributed by atoms with Crippen molar-refractivity contribution in [2.45, 2.75) is 52.1 Å². The van der Waals surface area contributed by atoms with E-state index in [1.165, 1.54) is 12.8 Å². The van der Waals surface area contributed by atoms with E-state index in [-0.39, 0.29) is 12.5 Å². The fraction of sp³-hybridized carbons (Fsp3) is 0.867. The molecular weight excluding hydrogens is 258 g/mol. The summed E-state index contributed by atoms with van der Waals surface area (Å²) in [7, 11) is 0. The van der Waals surface area contributed by atoms with Crippen molar-refractivity contribution in [3.63, 3.8) is 0 Å². The SMILES string of the molecule is CC(C)(C)OC(=O)N1CC[C@@H](CC2CC2)[C@H](C(=O)O)C1. The van der Waals surface area contributed by atoms with Gasteiger partial charge in [0.1, 0.15) is 5.60 Å². The van der Waals surface area contributed by atoms with Gasteiger partial charge in [-0.3, -0.25) is 4.79 Å². The second kappa shape index (κ2) is 5.62. The van der Waals surface area contributed by atoms with E-state index < -0.39 is 23.6 Å². The van der Waals surface area contributed by atoms with Crippen LogP contribution < -0.4 is 0 Å². The Morgan fingerprint density at radius 3 is 2.40 bits per heavy atom. The van der Waals surface area contributed by atoms with E-state index in [1.807, 2.05) is 20.8 Å². The maximum absolute atomic E-state index is 12.0. The van der Waals surface area contributed by atoms with Crippen LogP contribution in [0.4, 0.5) is 4.79 Å². The number of carboxylic acids is 1. The van der Waals surface area contributed by atoms with Gasteiger partial charge in [0.25, 0.3) is 0 Å². The number of ether oxygens (including phenoxy) is 1. The van der Waals surface area contributed by atoms with E-state index in [1.54, 1.807) is 4.90 Å². The average Bonchev–Trinajstić information content (AvgIpc) is 3.10. The predicted molar refractivity (Wildman–Crippen MR) is 74.4 cm³/mol. The Labute approximate surface area is 120 Å². The molecule has 1 amide bonds. The Balaban J connectivity index is 1.94. The first-order valence-electron chi connectivity index (χ1n) is 7.47. The highest BCUT2D eigenvalue weighted by Crippen LogP contribution is 2.40. The summed E-state index contributed by atoms with van der Waals surface area (Å²) in [5.74, 6) is -0.311. The van der Waals surface area contributed by atoms with Gasteiger partial charge in [-0.25, -0.2) is 4.79 Å². The fourth-order valence-corrected chi connectivity index (χ4v) is 2.84. The molecule has 1 saturated heterocycles. The molecule has 0 aromatic carbocycles. The first-order valence-corrected chi connectivity index (χ1v) is 7.47. The van der Waals surface area contributed by atoms with Gasteiger partial charge in [-0.15, -0.1) is 0 Å². The second-order valence-electron chi connectivity index (χ2n) is 7.10. The lowest BCUT2D eigenvalue weighted by Gasteiger charge is -2.37. The van der Waals surface area contributed by atoms with Crippen LogP contribution in [-0.2, 0) is 9.53 Å². The maximum Gasteiger partial charge on any atom is 0.410 e. The van der Waals surface area contributed by atoms with E-state index in [0.29, 0.717) is 6.54 Å². The number of carbonyl (C=O) groups is 2. The lowest BCUT2D eigenvalue weighted by atomic mass is 9.82. The smallest absolute Gasteiger partial charge is 0.410 e. The number of amides is 1. The van der Waals surface area contributed by atoms with Crippen LogP contribution in [-0.4, -0.2) is 40.8 Å². The van der Waals surface area contributed by atoms with Crippen molar-refractivity contribution in [2.24, 2.45) is 17.8 Å². The standard InChI is InChI=1S/C15H25NO4/c1-15(2,3)20-14(19)16-7-6-11(8-10-4-5-10)12(9-16)13(17)18/h10-12H,4-9H2,1-3H3,(H,17,18)/t11-,12+/m0/s1. The van der Waals surface area contributed by atoms with Crippen LogP contribution in [0.5, 0.6) is 0 Å². The van der Waals surface area contributed by atoms with Crippen molar-refractivity contribution in [1.82, 2.24) is 4.90 Å². The van der Waals surface area contributed by atoms with Gasteiger partial charge in [0.05, 0.1) is 5.92 Å². The summed E-state index contributed by atoms with van der Waals surface area (Å²) in [6.45, 7) is 6.34. The molecule has 0 aromatic heterocycles. The maximum atomic E-state index is 12.0. The van der Waals surface area contributed by atoms with Crippen LogP contribution in [0.3, 0.4) is 0 Å². The molecule has 114 valence electrons. The molecule has 20 heavy (non-hydrogen) atoms. The molecule has 0 unspecified atom stereocenters. The number of aliphatic carboxylic acids is 1. The Morgan fingerprint density at radius 1 is 1.25 bits per heavy atom. The van der Waals surface area contributed by atoms with E-state index in [0.717, 1.165) is 18.8 Å². The zero-order chi connectivity index (χ0) is 14.9. The van der Waals surface area contributed by atoms with Gasteiger partial charge >= 0.3 is 12.1 Å². The molecule has 0 aromatic rings. The molecule has 2 rings (SSSR count). The van der Waals surface area contributed by atoms with Crippen molar-refractivity contribution < 1.29 is 19.4 Å². The summed E-state index contributed by atoms with van der Waals surface area (Å²) in [4.78, 5) is 25.0. The van der Waals surface area contributed by atoms with Crippen LogP contribution >= 0.6 is 0 Å². The molecule has 1 heterocycles. The number of likely N-dealkylation sites (tertiary alicyclic amines) is 1. The number of hydrogen-bond donors (Lipinski definition) is 1. The highest BCUT2D eigenvalue weighted by Gasteiger charge is 2.39. The van der Waals surface area contributed by atoms with Gasteiger partial charge in [-0.2, -0.15) is 0 Å². The highest BCUT2D eigenvalue weighted by molar-refractivity contribution is 5.73. The Bertz CT molecular complexity index is 384. The van der Waals surface area contributed by atoms with Gasteiger partial charge in [0, 0.05) is 13.1 Å². The van der Waals surface area contributed by atoms with Gasteiger partial charge < -0.3 is 14.7 Å². The molecule has 0 bridgehead atoms. The summed E-state index contributed by atoms with van der Waals surface area (Å²) in [6, 6.07) is 0. The first-order chi connectivity index (χ1) is 9.26. The molecule has 1 aliphatic heterocycles. The van der Waals surface area contributed by atoms with Crippen molar-refractivity contribution in [2.75, 3.05) is 13.1 Å². The number of nitrogens with zero attached hydrogens (tertiary/aromatic N) is 1. The zero-order valence-electron chi connectivity index (χ0n) is 12.6. The van der Waals surface area contributed by atoms with Gasteiger partial charge in [-0.1, -0.05) is 12.8 Å². The lowest BCUT2D eigenvalue weighted by Crippen LogP contribution is -2.48. The molecule has 2 aliphatic rings. The zero-order valence-corrected chi connectivity index (χ0v) is 12.6. The number of piperidine rings is 1. The third kappa shape index (κ3) is 4.12. The quantitative estimate of drug-likeness (QED) is 0.864. The van der Waals surface area contributed by atoms with Crippen LogP contribution in [0.25, 0.3) is 0 Å². The summed E-state index contributed by atoms with van der Waals surface area (Å²) in [5, 5.41) is 9.40. The Hall–Kier alpha value is -1.26. The molecule has 2 fully saturated rings. The van der Waals surface area contributed by atoms with Gasteiger partial charge in [-0.05, 0) is 45.4 Å². The summed E-state index contributed by atoms with van der Waals surface area (Å²) >= 11 is 0. The van der Waals surface area contributed by atoms with Crippen LogP contribution in [0.1, 0.15) is 46.5 Å². The van der Waals surface area contributed by atoms with E-state index in [2.05, 4.69) is 0 Å². The molecule has 1 saturated carbocycles. The van der Waals surface area contributed by atoms with Crippen molar-refractivity contribution in [1.29, 1.82) is 0 Å². The Morgan fingerprint density at radius 2 is 1.90 bits per heavy atom. The number of carbonyl (C=O) groups excluding carboxylic acids is 1. The minimum Gasteiger partial charge on any atom is -0.481 e. The van der Waals surface area contributed by atoms with E-state index >= 15 is 0 Å². The number of hydrogen-bond acceptors (Lipinski definition) is 3. The van der Waals surface area contributed by atoms with Crippen molar-refractivity contribution in [3.8, 4) is 0 Å².